The van der Waals surface area contributed by atoms with Crippen molar-refractivity contribution >= 4 is 23.0 Å². The summed E-state index contributed by atoms with van der Waals surface area (Å²) in [6.07, 6.45) is 2.76. The van der Waals surface area contributed by atoms with Crippen LogP contribution in [0, 0.1) is 0 Å². The number of H-pyrrole nitrogens is 1. The van der Waals surface area contributed by atoms with Crippen molar-refractivity contribution in [2.24, 2.45) is 0 Å². The predicted octanol–water partition coefficient (Wildman–Crippen LogP) is 0.581. The van der Waals surface area contributed by atoms with Crippen molar-refractivity contribution in [1.29, 1.82) is 0 Å². The van der Waals surface area contributed by atoms with Crippen molar-refractivity contribution in [2.45, 2.75) is 25.2 Å². The van der Waals surface area contributed by atoms with Gasteiger partial charge in [0.15, 0.2) is 0 Å². The van der Waals surface area contributed by atoms with Gasteiger partial charge in [-0.2, -0.15) is 0 Å². The van der Waals surface area contributed by atoms with E-state index in [0.29, 0.717) is 6.61 Å². The third-order valence-electron chi connectivity index (χ3n) is 2.50. The first-order valence-corrected chi connectivity index (χ1v) is 5.79. The van der Waals surface area contributed by atoms with Crippen LogP contribution in [0.1, 0.15) is 19.1 Å². The van der Waals surface area contributed by atoms with E-state index >= 15 is 0 Å². The van der Waals surface area contributed by atoms with E-state index in [2.05, 4.69) is 4.98 Å². The summed E-state index contributed by atoms with van der Waals surface area (Å²) in [6, 6.07) is 1.31. The third-order valence-corrected chi connectivity index (χ3v) is 2.86. The van der Waals surface area contributed by atoms with Crippen LogP contribution in [-0.2, 0) is 7.80 Å². The van der Waals surface area contributed by atoms with E-state index in [1.54, 1.807) is 0 Å². The predicted molar refractivity (Wildman–Crippen MR) is 64.4 cm³/mol. The first kappa shape index (κ1) is 11.8. The minimum absolute atomic E-state index is 0.0146. The van der Waals surface area contributed by atoms with E-state index in [9.17, 15) is 9.59 Å². The number of hydrogen-bond acceptors (Lipinski definition) is 4. The molecule has 1 aliphatic heterocycles. The van der Waals surface area contributed by atoms with E-state index in [4.69, 9.17) is 7.80 Å². The van der Waals surface area contributed by atoms with Gasteiger partial charge in [0.25, 0.3) is 5.56 Å². The Labute approximate surface area is 105 Å². The summed E-state index contributed by atoms with van der Waals surface area (Å²) >= 11 is 1.81. The van der Waals surface area contributed by atoms with E-state index in [0.717, 1.165) is 12.8 Å². The monoisotopic (exact) mass is 338 g/mol. The molecule has 88 valence electrons. The summed E-state index contributed by atoms with van der Waals surface area (Å²) in [7, 11) is 0. The van der Waals surface area contributed by atoms with Gasteiger partial charge in [-0.3, -0.25) is 14.3 Å². The molecule has 0 radical (unpaired) electrons. The highest BCUT2D eigenvalue weighted by atomic mass is 127. The Balaban J connectivity index is 2.14. The zero-order valence-electron chi connectivity index (χ0n) is 8.39. The smallest absolute Gasteiger partial charge is 0.330 e. The van der Waals surface area contributed by atoms with Crippen LogP contribution in [0.3, 0.4) is 0 Å². The molecule has 16 heavy (non-hydrogen) atoms. The number of nitrogens with one attached hydrogen (secondary N) is 1. The second-order valence-corrected chi connectivity index (χ2v) is 4.21. The number of rotatable bonds is 3. The lowest BCUT2D eigenvalue weighted by molar-refractivity contribution is -0.0140. The minimum atomic E-state index is -0.437. The summed E-state index contributed by atoms with van der Waals surface area (Å²) in [4.78, 5) is 24.6. The molecule has 1 aliphatic rings. The lowest BCUT2D eigenvalue weighted by Gasteiger charge is -2.14. The highest BCUT2D eigenvalue weighted by Gasteiger charge is 2.27. The number of aromatic amines is 1. The Morgan fingerprint density at radius 3 is 3.06 bits per heavy atom. The van der Waals surface area contributed by atoms with Crippen molar-refractivity contribution in [1.82, 2.24) is 9.55 Å². The quantitative estimate of drug-likeness (QED) is 0.819. The second-order valence-electron chi connectivity index (χ2n) is 3.58. The van der Waals surface area contributed by atoms with Crippen LogP contribution in [0.5, 0.6) is 0 Å². The maximum Gasteiger partial charge on any atom is 0.330 e. The Kier molecular flexibility index (Phi) is 3.77. The van der Waals surface area contributed by atoms with Gasteiger partial charge >= 0.3 is 5.69 Å². The van der Waals surface area contributed by atoms with Gasteiger partial charge in [-0.25, -0.2) is 4.79 Å². The van der Waals surface area contributed by atoms with Gasteiger partial charge in [0.05, 0.1) is 12.7 Å². The molecule has 2 rings (SSSR count). The molecule has 1 N–H and O–H groups in total. The summed E-state index contributed by atoms with van der Waals surface area (Å²) in [5.74, 6) is 0. The fourth-order valence-corrected chi connectivity index (χ4v) is 2.14. The number of hydrogen-bond donors (Lipinski definition) is 1. The lowest BCUT2D eigenvalue weighted by atomic mass is 10.2. The molecule has 0 spiro atoms. The van der Waals surface area contributed by atoms with Crippen LogP contribution in [0.4, 0.5) is 0 Å². The Bertz CT molecular complexity index is 469. The Hall–Kier alpha value is -0.670. The van der Waals surface area contributed by atoms with Gasteiger partial charge in [0.1, 0.15) is 29.2 Å². The molecule has 2 heterocycles. The summed E-state index contributed by atoms with van der Waals surface area (Å²) in [5.41, 5.74) is -0.833. The van der Waals surface area contributed by atoms with Gasteiger partial charge in [-0.15, -0.1) is 0 Å². The van der Waals surface area contributed by atoms with E-state index < -0.39 is 11.2 Å². The standard InChI is InChI=1S/C9H11IN2O4/c10-15-5-6-1-2-8(16-6)12-4-3-7(13)11-9(12)14/h3-4,6,8H,1-2,5H2,(H,11,13,14). The van der Waals surface area contributed by atoms with Crippen molar-refractivity contribution in [3.05, 3.63) is 33.1 Å². The second kappa shape index (κ2) is 5.11. The molecule has 0 aromatic carbocycles. The number of aromatic nitrogens is 2. The number of nitrogens with zero attached hydrogens (tertiary/aromatic N) is 1. The third kappa shape index (κ3) is 2.53. The molecule has 0 amide bonds. The maximum atomic E-state index is 11.5. The van der Waals surface area contributed by atoms with Crippen LogP contribution >= 0.6 is 23.0 Å². The van der Waals surface area contributed by atoms with Gasteiger partial charge in [0.2, 0.25) is 0 Å². The van der Waals surface area contributed by atoms with Crippen LogP contribution in [0.15, 0.2) is 21.9 Å². The summed E-state index contributed by atoms with van der Waals surface area (Å²) in [5, 5.41) is 0. The molecule has 1 fully saturated rings. The fraction of sp³-hybridized carbons (Fsp3) is 0.556. The van der Waals surface area contributed by atoms with Gasteiger partial charge in [-0.1, -0.05) is 0 Å². The topological polar surface area (TPSA) is 73.3 Å². The van der Waals surface area contributed by atoms with Crippen LogP contribution in [0.25, 0.3) is 0 Å². The molecule has 1 aromatic heterocycles. The van der Waals surface area contributed by atoms with Crippen molar-refractivity contribution in [3.63, 3.8) is 0 Å². The van der Waals surface area contributed by atoms with Gasteiger partial charge in [0, 0.05) is 12.3 Å². The van der Waals surface area contributed by atoms with Gasteiger partial charge in [-0.05, 0) is 12.8 Å². The molecule has 0 saturated carbocycles. The Morgan fingerprint density at radius 1 is 1.56 bits per heavy atom. The van der Waals surface area contributed by atoms with Crippen molar-refractivity contribution in [3.8, 4) is 0 Å². The van der Waals surface area contributed by atoms with Crippen molar-refractivity contribution < 1.29 is 7.80 Å². The molecule has 1 saturated heterocycles. The first-order chi connectivity index (χ1) is 7.70. The van der Waals surface area contributed by atoms with E-state index in [1.165, 1.54) is 16.8 Å². The SMILES string of the molecule is O=c1ccn(C2CCC(COI)O2)c(=O)[nH]1. The molecule has 2 atom stereocenters. The summed E-state index contributed by atoms with van der Waals surface area (Å²) in [6.45, 7) is 0.509. The number of halogens is 1. The molecule has 0 aliphatic carbocycles. The highest BCUT2D eigenvalue weighted by molar-refractivity contribution is 14.1. The molecular formula is C9H11IN2O4. The molecule has 6 nitrogen and oxygen atoms in total. The first-order valence-electron chi connectivity index (χ1n) is 4.91. The van der Waals surface area contributed by atoms with Gasteiger partial charge < -0.3 is 7.80 Å². The molecule has 7 heteroatoms. The largest absolute Gasteiger partial charge is 0.352 e. The van der Waals surface area contributed by atoms with Crippen LogP contribution in [-0.4, -0.2) is 22.3 Å². The van der Waals surface area contributed by atoms with Crippen LogP contribution in [0.2, 0.25) is 0 Å². The average Bonchev–Trinajstić information content (AvgIpc) is 2.67. The number of ether oxygens (including phenoxy) is 1. The zero-order valence-corrected chi connectivity index (χ0v) is 10.5. The fourth-order valence-electron chi connectivity index (χ4n) is 1.74. The van der Waals surface area contributed by atoms with Crippen molar-refractivity contribution in [2.75, 3.05) is 6.61 Å². The van der Waals surface area contributed by atoms with E-state index in [-0.39, 0.29) is 12.3 Å². The maximum absolute atomic E-state index is 11.5. The highest BCUT2D eigenvalue weighted by Crippen LogP contribution is 2.27. The molecular weight excluding hydrogens is 327 g/mol. The summed E-state index contributed by atoms with van der Waals surface area (Å²) < 4.78 is 12.0. The van der Waals surface area contributed by atoms with Crippen LogP contribution < -0.4 is 11.2 Å². The zero-order chi connectivity index (χ0) is 11.5. The minimum Gasteiger partial charge on any atom is -0.352 e. The normalized spacial score (nSPS) is 24.8. The molecule has 0 bridgehead atoms. The average molecular weight is 338 g/mol. The molecule has 2 unspecified atom stereocenters. The lowest BCUT2D eigenvalue weighted by Crippen LogP contribution is -2.31. The van der Waals surface area contributed by atoms with E-state index in [1.807, 2.05) is 23.0 Å². The molecule has 1 aromatic rings. The Morgan fingerprint density at radius 2 is 2.38 bits per heavy atom.